The number of hydrogen-bond acceptors (Lipinski definition) is 8. The molecule has 0 aliphatic carbocycles. The number of nitriles is 1. The average molecular weight is 497 g/mol. The van der Waals surface area contributed by atoms with Crippen LogP contribution in [0.4, 0.5) is 0 Å². The normalized spacial score (nSPS) is 18.3. The molecule has 1 atom stereocenters. The Kier molecular flexibility index (Phi) is 6.14. The van der Waals surface area contributed by atoms with E-state index in [0.29, 0.717) is 33.4 Å². The first-order valence-electron chi connectivity index (χ1n) is 11.1. The Morgan fingerprint density at radius 2 is 1.86 bits per heavy atom. The van der Waals surface area contributed by atoms with Crippen molar-refractivity contribution >= 4 is 40.3 Å². The maximum Gasteiger partial charge on any atom is 0.255 e. The van der Waals surface area contributed by atoms with E-state index >= 15 is 0 Å². The van der Waals surface area contributed by atoms with Gasteiger partial charge in [0, 0.05) is 17.5 Å². The van der Waals surface area contributed by atoms with Crippen molar-refractivity contribution in [1.29, 1.82) is 5.26 Å². The van der Waals surface area contributed by atoms with Crippen molar-refractivity contribution in [2.75, 3.05) is 6.54 Å². The highest BCUT2D eigenvalue weighted by Gasteiger charge is 2.54. The summed E-state index contributed by atoms with van der Waals surface area (Å²) in [5.74, 6) is -1.13. The fourth-order valence-electron chi connectivity index (χ4n) is 4.42. The van der Waals surface area contributed by atoms with Crippen molar-refractivity contribution in [3.05, 3.63) is 95.1 Å². The largest absolute Gasteiger partial charge is 0.391 e. The van der Waals surface area contributed by atoms with E-state index in [4.69, 9.17) is 15.8 Å². The summed E-state index contributed by atoms with van der Waals surface area (Å²) in [6.45, 7) is 0.271. The molecule has 1 fully saturated rings. The molecule has 0 bridgehead atoms. The second-order valence-corrected chi connectivity index (χ2v) is 8.86. The van der Waals surface area contributed by atoms with Gasteiger partial charge < -0.3 is 15.5 Å². The SMILES string of the molecule is N#Cc1ccc(C(=O)N2CC(=NOCc3ccccc3)CC2(C(N)=O)c2cccc3nsnc23)cc1. The lowest BCUT2D eigenvalue weighted by Crippen LogP contribution is -2.53. The minimum Gasteiger partial charge on any atom is -0.391 e. The van der Waals surface area contributed by atoms with E-state index in [9.17, 15) is 9.59 Å². The van der Waals surface area contributed by atoms with Gasteiger partial charge in [-0.25, -0.2) is 0 Å². The molecule has 36 heavy (non-hydrogen) atoms. The van der Waals surface area contributed by atoms with Crippen LogP contribution in [0, 0.1) is 11.3 Å². The first-order valence-corrected chi connectivity index (χ1v) is 11.8. The number of carbonyl (C=O) groups excluding carboxylic acids is 2. The van der Waals surface area contributed by atoms with Gasteiger partial charge in [0.25, 0.3) is 5.91 Å². The second kappa shape index (κ2) is 9.56. The number of amides is 2. The monoisotopic (exact) mass is 496 g/mol. The highest BCUT2D eigenvalue weighted by molar-refractivity contribution is 7.00. The average Bonchev–Trinajstić information content (AvgIpc) is 3.55. The summed E-state index contributed by atoms with van der Waals surface area (Å²) < 4.78 is 8.66. The van der Waals surface area contributed by atoms with Gasteiger partial charge in [0.2, 0.25) is 5.91 Å². The quantitative estimate of drug-likeness (QED) is 0.407. The molecule has 2 heterocycles. The number of nitrogens with two attached hydrogens (primary N) is 1. The predicted molar refractivity (Wildman–Crippen MR) is 134 cm³/mol. The van der Waals surface area contributed by atoms with E-state index in [1.165, 1.54) is 4.90 Å². The summed E-state index contributed by atoms with van der Waals surface area (Å²) in [4.78, 5) is 34.0. The van der Waals surface area contributed by atoms with E-state index in [-0.39, 0.29) is 19.6 Å². The highest BCUT2D eigenvalue weighted by Crippen LogP contribution is 2.41. The molecule has 1 saturated heterocycles. The van der Waals surface area contributed by atoms with Gasteiger partial charge in [-0.15, -0.1) is 0 Å². The fourth-order valence-corrected chi connectivity index (χ4v) is 4.97. The second-order valence-electron chi connectivity index (χ2n) is 8.34. The zero-order valence-corrected chi connectivity index (χ0v) is 19.8. The summed E-state index contributed by atoms with van der Waals surface area (Å²) in [6, 6.07) is 23.1. The molecule has 1 aliphatic heterocycles. The smallest absolute Gasteiger partial charge is 0.255 e. The first kappa shape index (κ1) is 23.1. The summed E-state index contributed by atoms with van der Waals surface area (Å²) in [5.41, 5.74) is 8.25. The lowest BCUT2D eigenvalue weighted by atomic mass is 9.84. The number of nitrogens with zero attached hydrogens (tertiary/aromatic N) is 5. The van der Waals surface area contributed by atoms with Gasteiger partial charge in [-0.3, -0.25) is 9.59 Å². The molecule has 4 aromatic rings. The van der Waals surface area contributed by atoms with Gasteiger partial charge in [-0.1, -0.05) is 47.6 Å². The molecule has 0 spiro atoms. The van der Waals surface area contributed by atoms with Crippen molar-refractivity contribution < 1.29 is 14.4 Å². The van der Waals surface area contributed by atoms with Crippen LogP contribution in [0.25, 0.3) is 11.0 Å². The number of primary amides is 1. The van der Waals surface area contributed by atoms with Gasteiger partial charge in [0.15, 0.2) is 5.54 Å². The molecule has 3 aromatic carbocycles. The molecular weight excluding hydrogens is 476 g/mol. The third-order valence-electron chi connectivity index (χ3n) is 6.17. The summed E-state index contributed by atoms with van der Waals surface area (Å²) in [5, 5.41) is 13.4. The predicted octanol–water partition coefficient (Wildman–Crippen LogP) is 3.36. The van der Waals surface area contributed by atoms with E-state index in [1.807, 2.05) is 36.4 Å². The van der Waals surface area contributed by atoms with Crippen LogP contribution in [0.2, 0.25) is 0 Å². The Bertz CT molecular complexity index is 1510. The molecule has 9 nitrogen and oxygen atoms in total. The molecule has 0 radical (unpaired) electrons. The van der Waals surface area contributed by atoms with Crippen LogP contribution in [-0.4, -0.2) is 37.7 Å². The molecule has 2 amide bonds. The molecular formula is C26H20N6O3S. The minimum absolute atomic E-state index is 0.0323. The number of hydrogen-bond donors (Lipinski definition) is 1. The zero-order chi connectivity index (χ0) is 25.1. The van der Waals surface area contributed by atoms with Gasteiger partial charge in [-0.05, 0) is 35.9 Å². The zero-order valence-electron chi connectivity index (χ0n) is 19.0. The first-order chi connectivity index (χ1) is 17.5. The van der Waals surface area contributed by atoms with Crippen LogP contribution in [0.15, 0.2) is 78.0 Å². The number of aromatic nitrogens is 2. The Balaban J connectivity index is 1.57. The van der Waals surface area contributed by atoms with Crippen LogP contribution in [0.3, 0.4) is 0 Å². The number of fused-ring (bicyclic) bond motifs is 1. The summed E-state index contributed by atoms with van der Waals surface area (Å²) >= 11 is 1.02. The Hall–Kier alpha value is -4.62. The lowest BCUT2D eigenvalue weighted by molar-refractivity contribution is -0.127. The third-order valence-corrected chi connectivity index (χ3v) is 6.72. The van der Waals surface area contributed by atoms with Crippen molar-refractivity contribution in [3.8, 4) is 6.07 Å². The van der Waals surface area contributed by atoms with E-state index in [1.54, 1.807) is 42.5 Å². The fraction of sp³-hybridized carbons (Fsp3) is 0.154. The maximum absolute atomic E-state index is 13.8. The van der Waals surface area contributed by atoms with E-state index in [2.05, 4.69) is 13.9 Å². The van der Waals surface area contributed by atoms with Gasteiger partial charge in [0.05, 0.1) is 35.6 Å². The van der Waals surface area contributed by atoms with Crippen LogP contribution < -0.4 is 5.73 Å². The minimum atomic E-state index is -1.55. The lowest BCUT2D eigenvalue weighted by Gasteiger charge is -2.35. The molecule has 10 heteroatoms. The van der Waals surface area contributed by atoms with E-state index < -0.39 is 17.4 Å². The van der Waals surface area contributed by atoms with E-state index in [0.717, 1.165) is 17.3 Å². The third kappa shape index (κ3) is 4.06. The van der Waals surface area contributed by atoms with Crippen molar-refractivity contribution in [2.45, 2.75) is 18.6 Å². The maximum atomic E-state index is 13.8. The van der Waals surface area contributed by atoms with Gasteiger partial charge in [0.1, 0.15) is 17.6 Å². The van der Waals surface area contributed by atoms with Crippen LogP contribution >= 0.6 is 11.7 Å². The van der Waals surface area contributed by atoms with Crippen molar-refractivity contribution in [2.24, 2.45) is 10.9 Å². The molecule has 5 rings (SSSR count). The Morgan fingerprint density at radius 1 is 1.08 bits per heavy atom. The van der Waals surface area contributed by atoms with Crippen molar-refractivity contribution in [1.82, 2.24) is 13.6 Å². The molecule has 1 aromatic heterocycles. The van der Waals surface area contributed by atoms with Gasteiger partial charge >= 0.3 is 0 Å². The summed E-state index contributed by atoms with van der Waals surface area (Å²) in [6.07, 6.45) is 0.0514. The standard InChI is InChI=1S/C26H20N6O3S/c27-14-17-9-11-19(12-10-17)24(33)32-15-20(29-35-16-18-5-2-1-3-6-18)13-26(32,25(28)34)21-7-4-8-22-23(21)31-36-30-22/h1-12H,13,15-16H2,(H2,28,34). The number of oxime groups is 1. The number of rotatable bonds is 6. The van der Waals surface area contributed by atoms with Crippen LogP contribution in [0.1, 0.15) is 33.5 Å². The molecule has 1 aliphatic rings. The highest BCUT2D eigenvalue weighted by atomic mass is 32.1. The number of likely N-dealkylation sites (tertiary alicyclic amines) is 1. The van der Waals surface area contributed by atoms with Crippen molar-refractivity contribution in [3.63, 3.8) is 0 Å². The summed E-state index contributed by atoms with van der Waals surface area (Å²) in [7, 11) is 0. The molecule has 1 unspecified atom stereocenters. The number of benzene rings is 3. The van der Waals surface area contributed by atoms with Gasteiger partial charge in [-0.2, -0.15) is 14.0 Å². The van der Waals surface area contributed by atoms with Crippen LogP contribution in [-0.2, 0) is 21.8 Å². The Morgan fingerprint density at radius 3 is 2.58 bits per heavy atom. The molecule has 2 N–H and O–H groups in total. The van der Waals surface area contributed by atoms with Crippen LogP contribution in [0.5, 0.6) is 0 Å². The topological polar surface area (TPSA) is 135 Å². The number of carbonyl (C=O) groups is 2. The Labute approximate surface area is 210 Å². The molecule has 0 saturated carbocycles. The molecule has 178 valence electrons.